The van der Waals surface area contributed by atoms with Gasteiger partial charge in [0, 0.05) is 65.4 Å². The summed E-state index contributed by atoms with van der Waals surface area (Å²) in [4.78, 5) is 10.1. The van der Waals surface area contributed by atoms with E-state index in [0.717, 1.165) is 65.4 Å². The lowest BCUT2D eigenvalue weighted by atomic mass is 10.2. The summed E-state index contributed by atoms with van der Waals surface area (Å²) in [7, 11) is 0. The van der Waals surface area contributed by atoms with Crippen molar-refractivity contribution in [3.05, 3.63) is 71.3 Å². The first-order valence-corrected chi connectivity index (χ1v) is 11.5. The average Bonchev–Trinajstić information content (AvgIpc) is 2.79. The van der Waals surface area contributed by atoms with E-state index >= 15 is 0 Å². The Bertz CT molecular complexity index is 731. The quantitative estimate of drug-likeness (QED) is 0.441. The molecule has 2 aliphatic heterocycles. The summed E-state index contributed by atoms with van der Waals surface area (Å²) in [5.74, 6) is -0.328. The van der Waals surface area contributed by atoms with Gasteiger partial charge in [0.05, 0.1) is 0 Å². The molecule has 0 unspecified atom stereocenters. The van der Waals surface area contributed by atoms with Gasteiger partial charge in [-0.05, 0) is 54.9 Å². The molecule has 2 aromatic carbocycles. The highest BCUT2D eigenvalue weighted by molar-refractivity contribution is 5.86. The van der Waals surface area contributed by atoms with Gasteiger partial charge in [-0.2, -0.15) is 0 Å². The van der Waals surface area contributed by atoms with E-state index in [1.807, 2.05) is 24.3 Å². The number of halogens is 6. The highest BCUT2D eigenvalue weighted by atomic mass is 35.5. The molecule has 0 aliphatic carbocycles. The Balaban J connectivity index is 0.00000289. The third-order valence-corrected chi connectivity index (χ3v) is 6.52. The van der Waals surface area contributed by atoms with Crippen LogP contribution in [0.1, 0.15) is 17.5 Å². The minimum atomic E-state index is -0.164. The van der Waals surface area contributed by atoms with Gasteiger partial charge in [0.25, 0.3) is 0 Å². The van der Waals surface area contributed by atoms with Gasteiger partial charge in [0.15, 0.2) is 0 Å². The largest absolute Gasteiger partial charge is 0.301 e. The van der Waals surface area contributed by atoms with E-state index in [4.69, 9.17) is 0 Å². The molecule has 2 fully saturated rings. The van der Waals surface area contributed by atoms with Crippen LogP contribution in [0.15, 0.2) is 48.5 Å². The molecule has 0 spiro atoms. The molecule has 0 aromatic heterocycles. The van der Waals surface area contributed by atoms with Crippen molar-refractivity contribution in [3.63, 3.8) is 0 Å². The Morgan fingerprint density at radius 3 is 1.06 bits per heavy atom. The molecule has 10 heteroatoms. The van der Waals surface area contributed by atoms with E-state index in [-0.39, 0.29) is 61.3 Å². The molecule has 2 saturated heterocycles. The van der Waals surface area contributed by atoms with Crippen LogP contribution in [0, 0.1) is 11.6 Å². The van der Waals surface area contributed by atoms with Crippen molar-refractivity contribution in [1.82, 2.24) is 19.6 Å². The lowest BCUT2D eigenvalue weighted by molar-refractivity contribution is 0.106. The van der Waals surface area contributed by atoms with Gasteiger partial charge in [-0.1, -0.05) is 24.3 Å². The molecular weight excluding hydrogens is 536 g/mol. The van der Waals surface area contributed by atoms with Gasteiger partial charge >= 0.3 is 0 Å². The second-order valence-electron chi connectivity index (χ2n) is 8.84. The van der Waals surface area contributed by atoms with Gasteiger partial charge in [-0.15, -0.1) is 49.6 Å². The molecule has 0 radical (unpaired) electrons. The summed E-state index contributed by atoms with van der Waals surface area (Å²) in [5, 5.41) is 0. The van der Waals surface area contributed by atoms with Crippen molar-refractivity contribution in [2.75, 3.05) is 65.4 Å². The van der Waals surface area contributed by atoms with Crippen LogP contribution in [0.25, 0.3) is 0 Å². The molecule has 4 rings (SSSR count). The minimum Gasteiger partial charge on any atom is -0.301 e. The van der Waals surface area contributed by atoms with Crippen LogP contribution in [0.2, 0.25) is 0 Å². The first-order valence-electron chi connectivity index (χ1n) is 11.5. The van der Waals surface area contributed by atoms with Crippen molar-refractivity contribution < 1.29 is 8.78 Å². The van der Waals surface area contributed by atoms with E-state index in [1.165, 1.54) is 30.6 Å². The van der Waals surface area contributed by atoms with Gasteiger partial charge in [0.1, 0.15) is 11.6 Å². The van der Waals surface area contributed by atoms with E-state index in [0.29, 0.717) is 0 Å². The molecule has 2 aliphatic rings. The summed E-state index contributed by atoms with van der Waals surface area (Å²) in [6.45, 7) is 13.0. The maximum atomic E-state index is 13.1. The summed E-state index contributed by atoms with van der Waals surface area (Å²) in [6, 6.07) is 13.8. The monoisotopic (exact) mass is 572 g/mol. The first-order chi connectivity index (χ1) is 15.1. The summed E-state index contributed by atoms with van der Waals surface area (Å²) < 4.78 is 26.1. The van der Waals surface area contributed by atoms with Crippen LogP contribution in [0.4, 0.5) is 8.78 Å². The molecule has 35 heavy (non-hydrogen) atoms. The van der Waals surface area contributed by atoms with Gasteiger partial charge < -0.3 is 9.80 Å². The predicted molar refractivity (Wildman–Crippen MR) is 150 cm³/mol. The lowest BCUT2D eigenvalue weighted by Crippen LogP contribution is -2.48. The summed E-state index contributed by atoms with van der Waals surface area (Å²) >= 11 is 0. The number of nitrogens with zero attached hydrogens (tertiary/aromatic N) is 4. The van der Waals surface area contributed by atoms with Crippen molar-refractivity contribution in [2.24, 2.45) is 0 Å². The Hall–Kier alpha value is -0.700. The van der Waals surface area contributed by atoms with Gasteiger partial charge in [0.2, 0.25) is 0 Å². The third-order valence-electron chi connectivity index (χ3n) is 6.52. The Labute approximate surface area is 233 Å². The zero-order chi connectivity index (χ0) is 21.5. The second kappa shape index (κ2) is 17.7. The van der Waals surface area contributed by atoms with Crippen molar-refractivity contribution in [2.45, 2.75) is 19.5 Å². The van der Waals surface area contributed by atoms with E-state index in [1.54, 1.807) is 24.3 Å². The standard InChI is InChI=1S/C25H34F2N4.4ClH/c26-24-6-2-22(3-7-24)20-30-16-12-28(13-17-30)10-1-11-29-14-18-31(19-15-29)21-23-4-8-25(27)9-5-23;;;;/h2-9H,1,10-21H2;4*1H. The van der Waals surface area contributed by atoms with Crippen LogP contribution >= 0.6 is 49.6 Å². The Morgan fingerprint density at radius 1 is 0.457 bits per heavy atom. The number of benzene rings is 2. The van der Waals surface area contributed by atoms with Crippen molar-refractivity contribution in [1.29, 1.82) is 0 Å². The third kappa shape index (κ3) is 11.5. The Morgan fingerprint density at radius 2 is 0.743 bits per heavy atom. The SMILES string of the molecule is Cl.Cl.Cl.Cl.Fc1ccc(CN2CCN(CCCN3CCN(Cc4ccc(F)cc4)CC3)CC2)cc1. The number of rotatable bonds is 8. The van der Waals surface area contributed by atoms with Crippen LogP contribution in [0.5, 0.6) is 0 Å². The number of hydrogen-bond acceptors (Lipinski definition) is 4. The highest BCUT2D eigenvalue weighted by Gasteiger charge is 2.19. The van der Waals surface area contributed by atoms with Gasteiger partial charge in [-0.25, -0.2) is 8.78 Å². The maximum absolute atomic E-state index is 13.1. The highest BCUT2D eigenvalue weighted by Crippen LogP contribution is 2.12. The molecule has 200 valence electrons. The molecule has 0 atom stereocenters. The van der Waals surface area contributed by atoms with E-state index in [9.17, 15) is 8.78 Å². The molecule has 0 bridgehead atoms. The summed E-state index contributed by atoms with van der Waals surface area (Å²) in [6.07, 6.45) is 1.22. The smallest absolute Gasteiger partial charge is 0.123 e. The van der Waals surface area contributed by atoms with Crippen LogP contribution in [-0.2, 0) is 13.1 Å². The molecule has 2 aromatic rings. The average molecular weight is 574 g/mol. The van der Waals surface area contributed by atoms with Crippen LogP contribution in [-0.4, -0.2) is 85.0 Å². The zero-order valence-corrected chi connectivity index (χ0v) is 23.3. The molecule has 2 heterocycles. The molecule has 4 nitrogen and oxygen atoms in total. The maximum Gasteiger partial charge on any atom is 0.123 e. The number of piperazine rings is 2. The molecule has 0 amide bonds. The van der Waals surface area contributed by atoms with Crippen LogP contribution in [0.3, 0.4) is 0 Å². The zero-order valence-electron chi connectivity index (χ0n) is 20.0. The second-order valence-corrected chi connectivity index (χ2v) is 8.84. The molecule has 0 N–H and O–H groups in total. The Kier molecular flexibility index (Phi) is 17.3. The lowest BCUT2D eigenvalue weighted by Gasteiger charge is -2.36. The first kappa shape index (κ1) is 34.3. The van der Waals surface area contributed by atoms with E-state index in [2.05, 4.69) is 19.6 Å². The fraction of sp³-hybridized carbons (Fsp3) is 0.520. The fourth-order valence-electron chi connectivity index (χ4n) is 4.56. The van der Waals surface area contributed by atoms with Gasteiger partial charge in [-0.3, -0.25) is 9.80 Å². The molecule has 0 saturated carbocycles. The van der Waals surface area contributed by atoms with Crippen LogP contribution < -0.4 is 0 Å². The van der Waals surface area contributed by atoms with Crippen molar-refractivity contribution in [3.8, 4) is 0 Å². The number of hydrogen-bond donors (Lipinski definition) is 0. The minimum absolute atomic E-state index is 0. The fourth-order valence-corrected chi connectivity index (χ4v) is 4.56. The normalized spacial score (nSPS) is 17.4. The van der Waals surface area contributed by atoms with E-state index < -0.39 is 0 Å². The molecular formula is C25H38Cl4F2N4. The predicted octanol–water partition coefficient (Wildman–Crippen LogP) is 4.98. The summed E-state index contributed by atoms with van der Waals surface area (Å²) in [5.41, 5.74) is 2.38. The topological polar surface area (TPSA) is 13.0 Å². The van der Waals surface area contributed by atoms with Crippen molar-refractivity contribution >= 4 is 49.6 Å².